The topological polar surface area (TPSA) is 104 Å². The van der Waals surface area contributed by atoms with Gasteiger partial charge in [0.15, 0.2) is 6.04 Å². The fourth-order valence-corrected chi connectivity index (χ4v) is 4.30. The Hall–Kier alpha value is -5.11. The maximum Gasteiger partial charge on any atom is 0.408 e. The third-order valence-electron chi connectivity index (χ3n) is 6.34. The van der Waals surface area contributed by atoms with Crippen LogP contribution in [-0.2, 0) is 16.1 Å². The van der Waals surface area contributed by atoms with Crippen LogP contribution >= 0.6 is 0 Å². The Kier molecular flexibility index (Phi) is 7.27. The van der Waals surface area contributed by atoms with E-state index in [0.29, 0.717) is 38.6 Å². The normalized spacial score (nSPS) is 11.6. The van der Waals surface area contributed by atoms with Gasteiger partial charge in [0.1, 0.15) is 23.7 Å². The van der Waals surface area contributed by atoms with Crippen LogP contribution in [0.25, 0.3) is 21.7 Å². The fraction of sp³-hybridized carbons (Fsp3) is 0.129. The summed E-state index contributed by atoms with van der Waals surface area (Å²) >= 11 is 0. The van der Waals surface area contributed by atoms with Gasteiger partial charge in [-0.05, 0) is 48.4 Å². The average Bonchev–Trinajstić information content (AvgIpc) is 2.97. The van der Waals surface area contributed by atoms with Crippen molar-refractivity contribution in [3.8, 4) is 11.5 Å². The third-order valence-corrected chi connectivity index (χ3v) is 6.34. The molecule has 5 aromatic rings. The van der Waals surface area contributed by atoms with Gasteiger partial charge in [0.2, 0.25) is 0 Å². The van der Waals surface area contributed by atoms with Crippen molar-refractivity contribution in [1.29, 1.82) is 0 Å². The summed E-state index contributed by atoms with van der Waals surface area (Å²) < 4.78 is 21.9. The molecule has 1 aromatic heterocycles. The molecule has 0 aliphatic carbocycles. The van der Waals surface area contributed by atoms with Crippen molar-refractivity contribution in [2.24, 2.45) is 0 Å². The number of ether oxygens (including phenoxy) is 3. The average molecular weight is 524 g/mol. The SMILES string of the molecule is COc1ccc2c(c1)c(=O)oc1c(C)c(OC(=O)C(NC(=O)OCc3ccccc3)c3ccccc3)ccc12. The molecule has 1 heterocycles. The maximum absolute atomic E-state index is 13.4. The van der Waals surface area contributed by atoms with E-state index in [1.54, 1.807) is 67.6 Å². The molecule has 0 saturated heterocycles. The molecule has 39 heavy (non-hydrogen) atoms. The molecular formula is C31H25NO7. The number of carbonyl (C=O) groups excluding carboxylic acids is 2. The molecule has 0 aliphatic heterocycles. The van der Waals surface area contributed by atoms with Gasteiger partial charge in [0.05, 0.1) is 12.5 Å². The Morgan fingerprint density at radius 3 is 2.28 bits per heavy atom. The predicted molar refractivity (Wildman–Crippen MR) is 146 cm³/mol. The molecule has 1 unspecified atom stereocenters. The summed E-state index contributed by atoms with van der Waals surface area (Å²) in [6, 6.07) is 25.3. The standard InChI is InChI=1S/C31H25NO7/c1-19-26(16-15-24-23-14-13-22(36-2)17-25(23)29(33)39-28(19)24)38-30(34)27(21-11-7-4-8-12-21)32-31(35)37-18-20-9-5-3-6-10-20/h3-17,27H,18H2,1-2H3,(H,32,35). The Bertz CT molecular complexity index is 1710. The van der Waals surface area contributed by atoms with Crippen molar-refractivity contribution >= 4 is 33.8 Å². The number of alkyl carbamates (subject to hydrolysis) is 1. The van der Waals surface area contributed by atoms with Crippen LogP contribution < -0.4 is 20.4 Å². The minimum Gasteiger partial charge on any atom is -0.497 e. The number of hydrogen-bond acceptors (Lipinski definition) is 7. The molecule has 0 bridgehead atoms. The summed E-state index contributed by atoms with van der Waals surface area (Å²) in [6.07, 6.45) is -0.771. The number of methoxy groups -OCH3 is 1. The number of hydrogen-bond donors (Lipinski definition) is 1. The molecule has 5 rings (SSSR count). The van der Waals surface area contributed by atoms with E-state index in [-0.39, 0.29) is 12.4 Å². The van der Waals surface area contributed by atoms with Gasteiger partial charge in [-0.15, -0.1) is 0 Å². The van der Waals surface area contributed by atoms with E-state index in [9.17, 15) is 14.4 Å². The second-order valence-corrected chi connectivity index (χ2v) is 8.84. The number of fused-ring (bicyclic) bond motifs is 3. The molecule has 1 amide bonds. The van der Waals surface area contributed by atoms with Crippen molar-refractivity contribution in [2.45, 2.75) is 19.6 Å². The minimum atomic E-state index is -1.14. The lowest BCUT2D eigenvalue weighted by Crippen LogP contribution is -2.36. The van der Waals surface area contributed by atoms with E-state index in [1.807, 2.05) is 30.3 Å². The van der Waals surface area contributed by atoms with Crippen LogP contribution in [0.2, 0.25) is 0 Å². The predicted octanol–water partition coefficient (Wildman–Crippen LogP) is 5.84. The van der Waals surface area contributed by atoms with Gasteiger partial charge < -0.3 is 23.9 Å². The lowest BCUT2D eigenvalue weighted by Gasteiger charge is -2.19. The first-order valence-electron chi connectivity index (χ1n) is 12.2. The summed E-state index contributed by atoms with van der Waals surface area (Å²) in [7, 11) is 1.52. The lowest BCUT2D eigenvalue weighted by molar-refractivity contribution is -0.136. The molecule has 196 valence electrons. The Morgan fingerprint density at radius 2 is 1.56 bits per heavy atom. The molecule has 0 spiro atoms. The number of amides is 1. The van der Waals surface area contributed by atoms with Crippen LogP contribution in [0, 0.1) is 6.92 Å². The molecule has 0 radical (unpaired) electrons. The van der Waals surface area contributed by atoms with Crippen LogP contribution in [0.1, 0.15) is 22.7 Å². The second-order valence-electron chi connectivity index (χ2n) is 8.84. The highest BCUT2D eigenvalue weighted by molar-refractivity contribution is 6.06. The van der Waals surface area contributed by atoms with Gasteiger partial charge in [-0.3, -0.25) is 0 Å². The molecule has 0 aliphatic rings. The van der Waals surface area contributed by atoms with Crippen LogP contribution in [-0.4, -0.2) is 19.2 Å². The zero-order valence-corrected chi connectivity index (χ0v) is 21.3. The van der Waals surface area contributed by atoms with Crippen LogP contribution in [0.3, 0.4) is 0 Å². The molecule has 1 N–H and O–H groups in total. The first kappa shape index (κ1) is 25.5. The highest BCUT2D eigenvalue weighted by Crippen LogP contribution is 2.33. The maximum atomic E-state index is 13.4. The third kappa shape index (κ3) is 5.45. The second kappa shape index (κ2) is 11.1. The van der Waals surface area contributed by atoms with E-state index in [4.69, 9.17) is 18.6 Å². The molecule has 0 saturated carbocycles. The molecule has 8 heteroatoms. The van der Waals surface area contributed by atoms with Crippen LogP contribution in [0.5, 0.6) is 11.5 Å². The van der Waals surface area contributed by atoms with Gasteiger partial charge in [-0.2, -0.15) is 0 Å². The minimum absolute atomic E-state index is 0.0475. The van der Waals surface area contributed by atoms with E-state index in [2.05, 4.69) is 5.32 Å². The first-order valence-corrected chi connectivity index (χ1v) is 12.2. The smallest absolute Gasteiger partial charge is 0.408 e. The summed E-state index contributed by atoms with van der Waals surface area (Å²) in [5, 5.41) is 4.36. The first-order chi connectivity index (χ1) is 18.9. The zero-order chi connectivity index (χ0) is 27.4. The summed E-state index contributed by atoms with van der Waals surface area (Å²) in [5.74, 6) is 0.00949. The van der Waals surface area contributed by atoms with Crippen molar-refractivity contribution < 1.29 is 28.2 Å². The van der Waals surface area contributed by atoms with E-state index < -0.39 is 23.7 Å². The van der Waals surface area contributed by atoms with Gasteiger partial charge in [-0.25, -0.2) is 14.4 Å². The number of nitrogens with one attached hydrogen (secondary N) is 1. The van der Waals surface area contributed by atoms with Crippen molar-refractivity contribution in [3.63, 3.8) is 0 Å². The number of rotatable bonds is 7. The monoisotopic (exact) mass is 523 g/mol. The zero-order valence-electron chi connectivity index (χ0n) is 21.3. The fourth-order valence-electron chi connectivity index (χ4n) is 4.30. The van der Waals surface area contributed by atoms with E-state index in [0.717, 1.165) is 5.56 Å². The van der Waals surface area contributed by atoms with Gasteiger partial charge in [0, 0.05) is 16.3 Å². The van der Waals surface area contributed by atoms with Crippen LogP contribution in [0.4, 0.5) is 4.79 Å². The Labute approximate surface area is 223 Å². The number of benzene rings is 4. The summed E-state index contributed by atoms with van der Waals surface area (Å²) in [4.78, 5) is 38.7. The highest BCUT2D eigenvalue weighted by Gasteiger charge is 2.27. The van der Waals surface area contributed by atoms with E-state index in [1.165, 1.54) is 7.11 Å². The Morgan fingerprint density at radius 1 is 0.872 bits per heavy atom. The van der Waals surface area contributed by atoms with Crippen molar-refractivity contribution in [1.82, 2.24) is 5.32 Å². The molecule has 0 fully saturated rings. The molecule has 4 aromatic carbocycles. The Balaban J connectivity index is 1.42. The van der Waals surface area contributed by atoms with Crippen LogP contribution in [0.15, 0.2) is 100 Å². The largest absolute Gasteiger partial charge is 0.497 e. The van der Waals surface area contributed by atoms with Crippen molar-refractivity contribution in [3.05, 3.63) is 118 Å². The van der Waals surface area contributed by atoms with Crippen molar-refractivity contribution in [2.75, 3.05) is 7.11 Å². The molecule has 1 atom stereocenters. The quantitative estimate of drug-likeness (QED) is 0.124. The lowest BCUT2D eigenvalue weighted by atomic mass is 10.0. The summed E-state index contributed by atoms with van der Waals surface area (Å²) in [5.41, 5.74) is 1.56. The highest BCUT2D eigenvalue weighted by atomic mass is 16.6. The van der Waals surface area contributed by atoms with Gasteiger partial charge in [-0.1, -0.05) is 60.7 Å². The van der Waals surface area contributed by atoms with E-state index >= 15 is 0 Å². The number of aryl methyl sites for hydroxylation is 1. The number of carbonyl (C=O) groups is 2. The number of esters is 1. The molecular weight excluding hydrogens is 498 g/mol. The van der Waals surface area contributed by atoms with Gasteiger partial charge >= 0.3 is 17.7 Å². The summed E-state index contributed by atoms with van der Waals surface area (Å²) in [6.45, 7) is 1.74. The van der Waals surface area contributed by atoms with Gasteiger partial charge in [0.25, 0.3) is 0 Å². The molecule has 8 nitrogen and oxygen atoms in total.